The second-order valence-corrected chi connectivity index (χ2v) is 5.89. The quantitative estimate of drug-likeness (QED) is 0.791. The number of hydrogen-bond donors (Lipinski definition) is 1. The molecule has 0 aliphatic rings. The largest absolute Gasteiger partial charge is 0.438 e. The highest BCUT2D eigenvalue weighted by molar-refractivity contribution is 7.18. The molecule has 0 saturated heterocycles. The molecule has 3 aromatic heterocycles. The van der Waals surface area contributed by atoms with Crippen LogP contribution >= 0.6 is 11.3 Å². The van der Waals surface area contributed by atoms with Gasteiger partial charge < -0.3 is 4.90 Å². The highest BCUT2D eigenvalue weighted by Gasteiger charge is 2.15. The van der Waals surface area contributed by atoms with Gasteiger partial charge in [0, 0.05) is 11.9 Å². The van der Waals surface area contributed by atoms with E-state index in [4.69, 9.17) is 0 Å². The lowest BCUT2D eigenvalue weighted by Gasteiger charge is -2.17. The predicted molar refractivity (Wildman–Crippen MR) is 80.8 cm³/mol. The molecule has 0 fully saturated rings. The standard InChI is InChI=1S/C13H15N5O2S/c1-4-8-5-9-11(14-7(2)15-12(9)21-8)18(3)6-10-16-13(19)20-17-10/h5H,4,6H2,1-3H3,(H,16,17,19). The van der Waals surface area contributed by atoms with E-state index in [-0.39, 0.29) is 0 Å². The van der Waals surface area contributed by atoms with Gasteiger partial charge in [0.25, 0.3) is 0 Å². The van der Waals surface area contributed by atoms with E-state index in [9.17, 15) is 4.79 Å². The highest BCUT2D eigenvalue weighted by atomic mass is 32.1. The number of H-pyrrole nitrogens is 1. The molecule has 0 aliphatic heterocycles. The van der Waals surface area contributed by atoms with Crippen LogP contribution in [0.4, 0.5) is 5.82 Å². The van der Waals surface area contributed by atoms with Crippen molar-refractivity contribution in [1.82, 2.24) is 20.1 Å². The van der Waals surface area contributed by atoms with Gasteiger partial charge >= 0.3 is 5.76 Å². The van der Waals surface area contributed by atoms with Gasteiger partial charge in [-0.25, -0.2) is 14.8 Å². The number of rotatable bonds is 4. The van der Waals surface area contributed by atoms with Gasteiger partial charge in [0.1, 0.15) is 16.5 Å². The van der Waals surface area contributed by atoms with Gasteiger partial charge in [0.15, 0.2) is 5.82 Å². The van der Waals surface area contributed by atoms with Crippen molar-refractivity contribution >= 4 is 27.4 Å². The van der Waals surface area contributed by atoms with Crippen LogP contribution in [0.1, 0.15) is 23.4 Å². The Kier molecular flexibility index (Phi) is 3.46. The van der Waals surface area contributed by atoms with Crippen LogP contribution in [-0.4, -0.2) is 27.2 Å². The van der Waals surface area contributed by atoms with Crippen molar-refractivity contribution in [3.8, 4) is 0 Å². The Bertz CT molecular complexity index is 835. The molecule has 3 rings (SSSR count). The molecule has 0 amide bonds. The second kappa shape index (κ2) is 5.28. The minimum Gasteiger partial charge on any atom is -0.351 e. The lowest BCUT2D eigenvalue weighted by atomic mass is 10.3. The minimum atomic E-state index is -0.550. The maximum absolute atomic E-state index is 11.0. The van der Waals surface area contributed by atoms with Crippen LogP contribution in [0.5, 0.6) is 0 Å². The molecule has 3 heterocycles. The molecule has 0 atom stereocenters. The zero-order valence-corrected chi connectivity index (χ0v) is 12.8. The maximum Gasteiger partial charge on any atom is 0.438 e. The van der Waals surface area contributed by atoms with E-state index in [0.29, 0.717) is 12.4 Å². The molecule has 0 aliphatic carbocycles. The first-order valence-corrected chi connectivity index (χ1v) is 7.41. The number of hydrogen-bond acceptors (Lipinski definition) is 7. The summed E-state index contributed by atoms with van der Waals surface area (Å²) in [5, 5.41) is 4.70. The molecule has 0 radical (unpaired) electrons. The molecule has 0 spiro atoms. The fourth-order valence-corrected chi connectivity index (χ4v) is 3.16. The van der Waals surface area contributed by atoms with Crippen LogP contribution in [0.3, 0.4) is 0 Å². The first kappa shape index (κ1) is 13.7. The number of aromatic nitrogens is 4. The number of nitrogens with zero attached hydrogens (tertiary/aromatic N) is 4. The summed E-state index contributed by atoms with van der Waals surface area (Å²) in [6, 6.07) is 2.12. The number of nitrogens with one attached hydrogen (secondary N) is 1. The summed E-state index contributed by atoms with van der Waals surface area (Å²) >= 11 is 1.68. The zero-order valence-electron chi connectivity index (χ0n) is 12.0. The van der Waals surface area contributed by atoms with E-state index >= 15 is 0 Å². The summed E-state index contributed by atoms with van der Waals surface area (Å²) in [5.74, 6) is 1.48. The summed E-state index contributed by atoms with van der Waals surface area (Å²) in [6.07, 6.45) is 0.972. The van der Waals surface area contributed by atoms with Crippen LogP contribution in [0, 0.1) is 6.92 Å². The third kappa shape index (κ3) is 2.66. The van der Waals surface area contributed by atoms with E-state index < -0.39 is 5.76 Å². The molecule has 3 aromatic rings. The van der Waals surface area contributed by atoms with Gasteiger partial charge in [0.05, 0.1) is 11.9 Å². The van der Waals surface area contributed by atoms with Crippen LogP contribution in [0.2, 0.25) is 0 Å². The van der Waals surface area contributed by atoms with Crippen LogP contribution in [0.25, 0.3) is 10.2 Å². The van der Waals surface area contributed by atoms with Crippen molar-refractivity contribution in [2.45, 2.75) is 26.8 Å². The van der Waals surface area contributed by atoms with E-state index in [1.807, 2.05) is 18.9 Å². The first-order chi connectivity index (χ1) is 10.1. The van der Waals surface area contributed by atoms with Gasteiger partial charge in [-0.2, -0.15) is 0 Å². The first-order valence-electron chi connectivity index (χ1n) is 6.60. The molecule has 8 heteroatoms. The van der Waals surface area contributed by atoms with Crippen molar-refractivity contribution in [1.29, 1.82) is 0 Å². The zero-order chi connectivity index (χ0) is 15.0. The van der Waals surface area contributed by atoms with E-state index in [2.05, 4.69) is 37.6 Å². The number of thiophene rings is 1. The third-order valence-corrected chi connectivity index (χ3v) is 4.29. The van der Waals surface area contributed by atoms with Crippen LogP contribution in [0.15, 0.2) is 15.4 Å². The lowest BCUT2D eigenvalue weighted by molar-refractivity contribution is 0.381. The van der Waals surface area contributed by atoms with Gasteiger partial charge in [-0.3, -0.25) is 9.51 Å². The minimum absolute atomic E-state index is 0.411. The predicted octanol–water partition coefficient (Wildman–Crippen LogP) is 1.87. The van der Waals surface area contributed by atoms with Crippen molar-refractivity contribution in [2.24, 2.45) is 0 Å². The average Bonchev–Trinajstić information content (AvgIpc) is 3.03. The highest BCUT2D eigenvalue weighted by Crippen LogP contribution is 2.31. The molecule has 0 saturated carbocycles. The molecule has 0 bridgehead atoms. The maximum atomic E-state index is 11.0. The van der Waals surface area contributed by atoms with E-state index in [1.165, 1.54) is 4.88 Å². The fraction of sp³-hybridized carbons (Fsp3) is 0.385. The lowest BCUT2D eigenvalue weighted by Crippen LogP contribution is -2.19. The summed E-state index contributed by atoms with van der Waals surface area (Å²) in [4.78, 5) is 26.7. The molecular formula is C13H15N5O2S. The van der Waals surface area contributed by atoms with E-state index in [1.54, 1.807) is 11.3 Å². The molecule has 21 heavy (non-hydrogen) atoms. The molecule has 0 unspecified atom stereocenters. The van der Waals surface area contributed by atoms with Crippen molar-refractivity contribution in [3.05, 3.63) is 33.1 Å². The smallest absolute Gasteiger partial charge is 0.351 e. The number of anilines is 1. The van der Waals surface area contributed by atoms with Crippen molar-refractivity contribution < 1.29 is 4.52 Å². The van der Waals surface area contributed by atoms with Gasteiger partial charge in [0.2, 0.25) is 0 Å². The molecule has 0 aromatic carbocycles. The Labute approximate surface area is 124 Å². The van der Waals surface area contributed by atoms with Crippen molar-refractivity contribution in [3.63, 3.8) is 0 Å². The van der Waals surface area contributed by atoms with Crippen molar-refractivity contribution in [2.75, 3.05) is 11.9 Å². The summed E-state index contributed by atoms with van der Waals surface area (Å²) in [5.41, 5.74) is 0. The van der Waals surface area contributed by atoms with Gasteiger partial charge in [-0.1, -0.05) is 12.1 Å². The monoisotopic (exact) mass is 305 g/mol. The summed E-state index contributed by atoms with van der Waals surface area (Å²) < 4.78 is 4.52. The van der Waals surface area contributed by atoms with Gasteiger partial charge in [-0.15, -0.1) is 11.3 Å². The van der Waals surface area contributed by atoms with Gasteiger partial charge in [-0.05, 0) is 19.4 Å². The Balaban J connectivity index is 2.01. The normalized spacial score (nSPS) is 11.2. The van der Waals surface area contributed by atoms with Crippen LogP contribution in [-0.2, 0) is 13.0 Å². The molecular weight excluding hydrogens is 290 g/mol. The second-order valence-electron chi connectivity index (χ2n) is 4.78. The SMILES string of the molecule is CCc1cc2c(N(C)Cc3noc(=O)[nH]3)nc(C)nc2s1. The number of fused-ring (bicyclic) bond motifs is 1. The Morgan fingerprint density at radius 2 is 2.24 bits per heavy atom. The molecule has 110 valence electrons. The van der Waals surface area contributed by atoms with E-state index in [0.717, 1.165) is 28.3 Å². The third-order valence-electron chi connectivity index (χ3n) is 3.12. The topological polar surface area (TPSA) is 87.9 Å². The number of aromatic amines is 1. The molecule has 7 nitrogen and oxygen atoms in total. The molecule has 1 N–H and O–H groups in total. The van der Waals surface area contributed by atoms with Crippen LogP contribution < -0.4 is 10.7 Å². The Hall–Kier alpha value is -2.22. The Morgan fingerprint density at radius 1 is 1.43 bits per heavy atom. The number of aryl methyl sites for hydroxylation is 2. The Morgan fingerprint density at radius 3 is 2.90 bits per heavy atom. The fourth-order valence-electron chi connectivity index (χ4n) is 2.15. The summed E-state index contributed by atoms with van der Waals surface area (Å²) in [6.45, 7) is 4.41. The average molecular weight is 305 g/mol. The summed E-state index contributed by atoms with van der Waals surface area (Å²) in [7, 11) is 1.90.